The molecular formula is C25H35NO4. The molecular weight excluding hydrogens is 378 g/mol. The highest BCUT2D eigenvalue weighted by atomic mass is 16.5. The Bertz CT molecular complexity index is 795. The Labute approximate surface area is 180 Å². The molecule has 4 aliphatic rings. The Balaban J connectivity index is 1.30. The molecule has 1 saturated carbocycles. The number of benzene rings is 1. The molecule has 30 heavy (non-hydrogen) atoms. The number of carbonyl (C=O) groups is 1. The van der Waals surface area contributed by atoms with E-state index in [0.717, 1.165) is 64.8 Å². The van der Waals surface area contributed by atoms with Crippen molar-refractivity contribution >= 4 is 5.91 Å². The Morgan fingerprint density at radius 3 is 3.07 bits per heavy atom. The third-order valence-electron chi connectivity index (χ3n) is 8.15. The van der Waals surface area contributed by atoms with Crippen molar-refractivity contribution in [2.24, 2.45) is 17.3 Å². The minimum atomic E-state index is -0.306. The number of carbonyl (C=O) groups excluding carboxylic acids is 1. The third kappa shape index (κ3) is 3.59. The van der Waals surface area contributed by atoms with Crippen molar-refractivity contribution in [2.75, 3.05) is 33.5 Å². The van der Waals surface area contributed by atoms with Gasteiger partial charge in [-0.05, 0) is 68.4 Å². The molecule has 1 aromatic carbocycles. The van der Waals surface area contributed by atoms with Crippen molar-refractivity contribution in [2.45, 2.75) is 64.2 Å². The number of methoxy groups -OCH3 is 1. The fourth-order valence-corrected chi connectivity index (χ4v) is 6.53. The highest BCUT2D eigenvalue weighted by Gasteiger charge is 2.57. The first-order valence-electron chi connectivity index (χ1n) is 11.7. The average molecular weight is 414 g/mol. The van der Waals surface area contributed by atoms with Crippen LogP contribution in [0.25, 0.3) is 0 Å². The summed E-state index contributed by atoms with van der Waals surface area (Å²) >= 11 is 0. The second kappa shape index (κ2) is 8.25. The van der Waals surface area contributed by atoms with Crippen LogP contribution in [0.15, 0.2) is 18.2 Å². The molecule has 5 nitrogen and oxygen atoms in total. The second-order valence-electron chi connectivity index (χ2n) is 9.95. The lowest BCUT2D eigenvalue weighted by atomic mass is 9.78. The summed E-state index contributed by atoms with van der Waals surface area (Å²) in [5.41, 5.74) is 3.69. The molecule has 164 valence electrons. The summed E-state index contributed by atoms with van der Waals surface area (Å²) in [6, 6.07) is 6.67. The van der Waals surface area contributed by atoms with E-state index in [1.54, 1.807) is 7.11 Å². The first-order valence-corrected chi connectivity index (χ1v) is 11.7. The van der Waals surface area contributed by atoms with Crippen molar-refractivity contribution in [3.05, 3.63) is 34.9 Å². The van der Waals surface area contributed by atoms with Gasteiger partial charge in [-0.1, -0.05) is 23.8 Å². The molecule has 1 aromatic rings. The Hall–Kier alpha value is -1.43. The van der Waals surface area contributed by atoms with Crippen molar-refractivity contribution in [3.8, 4) is 0 Å². The molecule has 0 bridgehead atoms. The Kier molecular flexibility index (Phi) is 5.63. The Morgan fingerprint density at radius 1 is 1.30 bits per heavy atom. The molecule has 5 atom stereocenters. The minimum absolute atomic E-state index is 0.0924. The van der Waals surface area contributed by atoms with Gasteiger partial charge in [0, 0.05) is 33.4 Å². The summed E-state index contributed by atoms with van der Waals surface area (Å²) in [6.07, 6.45) is 6.30. The van der Waals surface area contributed by atoms with E-state index in [0.29, 0.717) is 24.3 Å². The minimum Gasteiger partial charge on any atom is -0.379 e. The molecule has 1 amide bonds. The molecule has 3 aliphatic heterocycles. The Morgan fingerprint density at radius 2 is 2.20 bits per heavy atom. The van der Waals surface area contributed by atoms with Gasteiger partial charge in [0.15, 0.2) is 0 Å². The van der Waals surface area contributed by atoms with Gasteiger partial charge in [0.1, 0.15) is 0 Å². The van der Waals surface area contributed by atoms with E-state index in [2.05, 4.69) is 30.0 Å². The number of ether oxygens (including phenoxy) is 3. The van der Waals surface area contributed by atoms with Gasteiger partial charge in [0.2, 0.25) is 5.91 Å². The highest BCUT2D eigenvalue weighted by Crippen LogP contribution is 2.53. The molecule has 3 heterocycles. The van der Waals surface area contributed by atoms with Gasteiger partial charge in [-0.25, -0.2) is 0 Å². The van der Waals surface area contributed by atoms with E-state index < -0.39 is 0 Å². The van der Waals surface area contributed by atoms with Crippen LogP contribution in [0.1, 0.15) is 48.8 Å². The molecule has 0 spiro atoms. The number of fused-ring (bicyclic) bond motifs is 2. The summed E-state index contributed by atoms with van der Waals surface area (Å²) in [5, 5.41) is 0. The van der Waals surface area contributed by atoms with E-state index in [9.17, 15) is 4.79 Å². The summed E-state index contributed by atoms with van der Waals surface area (Å²) in [7, 11) is 1.79. The third-order valence-corrected chi connectivity index (χ3v) is 8.15. The van der Waals surface area contributed by atoms with Gasteiger partial charge in [0.25, 0.3) is 0 Å². The molecule has 2 unspecified atom stereocenters. The van der Waals surface area contributed by atoms with E-state index in [4.69, 9.17) is 14.2 Å². The molecule has 1 aliphatic carbocycles. The smallest absolute Gasteiger partial charge is 0.231 e. The zero-order chi connectivity index (χ0) is 20.7. The largest absolute Gasteiger partial charge is 0.379 e. The molecule has 0 N–H and O–H groups in total. The van der Waals surface area contributed by atoms with Crippen LogP contribution in [-0.4, -0.2) is 56.5 Å². The topological polar surface area (TPSA) is 48.0 Å². The van der Waals surface area contributed by atoms with E-state index in [-0.39, 0.29) is 17.6 Å². The first-order chi connectivity index (χ1) is 14.6. The number of nitrogens with zero attached hydrogens (tertiary/aromatic N) is 1. The van der Waals surface area contributed by atoms with Gasteiger partial charge >= 0.3 is 0 Å². The monoisotopic (exact) mass is 413 g/mol. The zero-order valence-electron chi connectivity index (χ0n) is 18.4. The van der Waals surface area contributed by atoms with Crippen molar-refractivity contribution in [1.82, 2.24) is 4.90 Å². The molecule has 5 rings (SSSR count). The van der Waals surface area contributed by atoms with Crippen LogP contribution in [0.5, 0.6) is 0 Å². The first kappa shape index (κ1) is 20.5. The number of hydrogen-bond acceptors (Lipinski definition) is 4. The van der Waals surface area contributed by atoms with Crippen LogP contribution >= 0.6 is 0 Å². The normalized spacial score (nSPS) is 35.9. The standard InChI is InChI=1S/C25H35NO4/c1-17-3-4-19-5-8-26(15-21(19)11-17)24(27)25-7-10-30-23(25)13-18(14-25)12-20-6-9-29-16-22(20)28-2/h3-4,11,18,20,22-23H,5-10,12-16H2,1-2H3/t18-,20?,22?,23-,25-/m1/s1. The molecule has 0 radical (unpaired) electrons. The van der Waals surface area contributed by atoms with Gasteiger partial charge in [-0.3, -0.25) is 4.79 Å². The molecule has 5 heteroatoms. The number of amides is 1. The SMILES string of the molecule is COC1COCCC1C[C@@H]1C[C@H]2OCC[C@@]2(C(=O)N2CCc3ccc(C)cc3C2)C1. The molecule has 2 saturated heterocycles. The highest BCUT2D eigenvalue weighted by molar-refractivity contribution is 5.84. The number of hydrogen-bond donors (Lipinski definition) is 0. The van der Waals surface area contributed by atoms with Crippen LogP contribution in [0.3, 0.4) is 0 Å². The molecule has 0 aromatic heterocycles. The summed E-state index contributed by atoms with van der Waals surface area (Å²) in [4.78, 5) is 16.0. The lowest BCUT2D eigenvalue weighted by molar-refractivity contribution is -0.145. The van der Waals surface area contributed by atoms with E-state index in [1.807, 2.05) is 0 Å². The van der Waals surface area contributed by atoms with Crippen molar-refractivity contribution in [1.29, 1.82) is 0 Å². The maximum Gasteiger partial charge on any atom is 0.231 e. The average Bonchev–Trinajstić information content (AvgIpc) is 3.31. The predicted octanol–water partition coefficient (Wildman–Crippen LogP) is 3.51. The van der Waals surface area contributed by atoms with Crippen LogP contribution in [-0.2, 0) is 32.0 Å². The number of aryl methyl sites for hydroxylation is 1. The predicted molar refractivity (Wildman–Crippen MR) is 114 cm³/mol. The van der Waals surface area contributed by atoms with Gasteiger partial charge in [-0.15, -0.1) is 0 Å². The maximum absolute atomic E-state index is 13.9. The van der Waals surface area contributed by atoms with Crippen molar-refractivity contribution in [3.63, 3.8) is 0 Å². The summed E-state index contributed by atoms with van der Waals surface area (Å²) < 4.78 is 17.4. The zero-order valence-corrected chi connectivity index (χ0v) is 18.4. The summed E-state index contributed by atoms with van der Waals surface area (Å²) in [5.74, 6) is 1.42. The quantitative estimate of drug-likeness (QED) is 0.758. The molecule has 3 fully saturated rings. The summed E-state index contributed by atoms with van der Waals surface area (Å²) in [6.45, 7) is 5.97. The van der Waals surface area contributed by atoms with Gasteiger partial charge in [0.05, 0.1) is 24.2 Å². The second-order valence-corrected chi connectivity index (χ2v) is 9.95. The van der Waals surface area contributed by atoms with Gasteiger partial charge < -0.3 is 19.1 Å². The lowest BCUT2D eigenvalue weighted by Gasteiger charge is -2.37. The number of rotatable bonds is 4. The van der Waals surface area contributed by atoms with E-state index >= 15 is 0 Å². The van der Waals surface area contributed by atoms with Gasteiger partial charge in [-0.2, -0.15) is 0 Å². The van der Waals surface area contributed by atoms with Crippen LogP contribution in [0.2, 0.25) is 0 Å². The lowest BCUT2D eigenvalue weighted by Crippen LogP contribution is -2.47. The maximum atomic E-state index is 13.9. The van der Waals surface area contributed by atoms with Crippen molar-refractivity contribution < 1.29 is 19.0 Å². The van der Waals surface area contributed by atoms with E-state index in [1.165, 1.54) is 16.7 Å². The van der Waals surface area contributed by atoms with Crippen LogP contribution < -0.4 is 0 Å². The van der Waals surface area contributed by atoms with Crippen LogP contribution in [0.4, 0.5) is 0 Å². The van der Waals surface area contributed by atoms with Crippen LogP contribution in [0, 0.1) is 24.2 Å². The fraction of sp³-hybridized carbons (Fsp3) is 0.720. The fourth-order valence-electron chi connectivity index (χ4n) is 6.53.